The Kier molecular flexibility index (Phi) is 6.84. The number of benzene rings is 1. The molecular weight excluding hydrogens is 264 g/mol. The standard InChI is InChI=1S/C14H20N2O2.ClH/c1-11(16-14(17)13-7-15-8-13)9-18-10-12-5-3-2-4-6-12;/h2-6,11,13,15H,7-10H2,1H3,(H,16,17);1H. The van der Waals surface area contributed by atoms with Crippen LogP contribution < -0.4 is 10.6 Å². The van der Waals surface area contributed by atoms with Gasteiger partial charge in [-0.2, -0.15) is 0 Å². The molecule has 1 unspecified atom stereocenters. The van der Waals surface area contributed by atoms with Gasteiger partial charge < -0.3 is 15.4 Å². The van der Waals surface area contributed by atoms with Crippen molar-refractivity contribution in [3.63, 3.8) is 0 Å². The normalized spacial score (nSPS) is 16.1. The topological polar surface area (TPSA) is 50.4 Å². The lowest BCUT2D eigenvalue weighted by atomic mass is 10.0. The molecule has 0 aliphatic carbocycles. The third-order valence-electron chi connectivity index (χ3n) is 3.02. The molecule has 0 spiro atoms. The quantitative estimate of drug-likeness (QED) is 0.829. The van der Waals surface area contributed by atoms with E-state index in [0.717, 1.165) is 18.7 Å². The Hall–Kier alpha value is -1.10. The van der Waals surface area contributed by atoms with Crippen LogP contribution in [-0.2, 0) is 16.1 Å². The molecule has 1 fully saturated rings. The highest BCUT2D eigenvalue weighted by Crippen LogP contribution is 2.04. The van der Waals surface area contributed by atoms with Gasteiger partial charge in [0.25, 0.3) is 0 Å². The van der Waals surface area contributed by atoms with E-state index in [4.69, 9.17) is 4.74 Å². The van der Waals surface area contributed by atoms with Crippen LogP contribution in [0.25, 0.3) is 0 Å². The SMILES string of the molecule is CC(COCc1ccccc1)NC(=O)C1CNC1.Cl. The average molecular weight is 285 g/mol. The maximum Gasteiger partial charge on any atom is 0.225 e. The summed E-state index contributed by atoms with van der Waals surface area (Å²) in [5.41, 5.74) is 1.15. The molecule has 1 saturated heterocycles. The number of ether oxygens (including phenoxy) is 1. The number of amides is 1. The summed E-state index contributed by atoms with van der Waals surface area (Å²) in [6.07, 6.45) is 0. The predicted molar refractivity (Wildman–Crippen MR) is 77.3 cm³/mol. The van der Waals surface area contributed by atoms with E-state index >= 15 is 0 Å². The maximum atomic E-state index is 11.7. The molecule has 19 heavy (non-hydrogen) atoms. The van der Waals surface area contributed by atoms with E-state index in [9.17, 15) is 4.79 Å². The zero-order chi connectivity index (χ0) is 12.8. The summed E-state index contributed by atoms with van der Waals surface area (Å²) in [7, 11) is 0. The Morgan fingerprint density at radius 3 is 2.68 bits per heavy atom. The number of hydrogen-bond acceptors (Lipinski definition) is 3. The number of halogens is 1. The van der Waals surface area contributed by atoms with E-state index in [0.29, 0.717) is 13.2 Å². The van der Waals surface area contributed by atoms with Crippen molar-refractivity contribution in [1.29, 1.82) is 0 Å². The molecule has 1 aromatic rings. The fraction of sp³-hybridized carbons (Fsp3) is 0.500. The van der Waals surface area contributed by atoms with E-state index < -0.39 is 0 Å². The Bertz CT molecular complexity index is 382. The molecule has 0 bridgehead atoms. The maximum absolute atomic E-state index is 11.7. The van der Waals surface area contributed by atoms with Gasteiger partial charge in [0.1, 0.15) is 0 Å². The van der Waals surface area contributed by atoms with Crippen LogP contribution in [0.5, 0.6) is 0 Å². The van der Waals surface area contributed by atoms with Gasteiger partial charge in [0.2, 0.25) is 5.91 Å². The summed E-state index contributed by atoms with van der Waals surface area (Å²) in [6, 6.07) is 10.1. The highest BCUT2D eigenvalue weighted by molar-refractivity contribution is 5.85. The minimum absolute atomic E-state index is 0. The summed E-state index contributed by atoms with van der Waals surface area (Å²) >= 11 is 0. The van der Waals surface area contributed by atoms with Gasteiger partial charge in [0, 0.05) is 19.1 Å². The van der Waals surface area contributed by atoms with Crippen molar-refractivity contribution >= 4 is 18.3 Å². The molecule has 1 aliphatic heterocycles. The molecule has 1 aromatic carbocycles. The second-order valence-corrected chi connectivity index (χ2v) is 4.77. The number of nitrogens with one attached hydrogen (secondary N) is 2. The van der Waals surface area contributed by atoms with Crippen LogP contribution in [0.15, 0.2) is 30.3 Å². The van der Waals surface area contributed by atoms with Crippen LogP contribution in [0.2, 0.25) is 0 Å². The molecule has 5 heteroatoms. The first-order valence-electron chi connectivity index (χ1n) is 6.38. The highest BCUT2D eigenvalue weighted by atomic mass is 35.5. The first kappa shape index (κ1) is 16.0. The predicted octanol–water partition coefficient (Wildman–Crippen LogP) is 1.35. The smallest absolute Gasteiger partial charge is 0.225 e. The zero-order valence-electron chi connectivity index (χ0n) is 11.1. The second-order valence-electron chi connectivity index (χ2n) is 4.77. The molecule has 106 valence electrons. The van der Waals surface area contributed by atoms with Crippen molar-refractivity contribution in [2.75, 3.05) is 19.7 Å². The first-order chi connectivity index (χ1) is 8.75. The van der Waals surface area contributed by atoms with Crippen LogP contribution in [0.3, 0.4) is 0 Å². The zero-order valence-corrected chi connectivity index (χ0v) is 11.9. The molecular formula is C14H21ClN2O2. The lowest BCUT2D eigenvalue weighted by Crippen LogP contribution is -2.52. The van der Waals surface area contributed by atoms with Gasteiger partial charge in [-0.1, -0.05) is 30.3 Å². The third kappa shape index (κ3) is 5.19. The van der Waals surface area contributed by atoms with Crippen LogP contribution in [-0.4, -0.2) is 31.6 Å². The van der Waals surface area contributed by atoms with Gasteiger partial charge in [0.05, 0.1) is 19.1 Å². The second kappa shape index (κ2) is 8.15. The van der Waals surface area contributed by atoms with Crippen molar-refractivity contribution in [3.8, 4) is 0 Å². The number of rotatable bonds is 6. The van der Waals surface area contributed by atoms with Gasteiger partial charge in [-0.25, -0.2) is 0 Å². The van der Waals surface area contributed by atoms with Crippen molar-refractivity contribution in [2.24, 2.45) is 5.92 Å². The van der Waals surface area contributed by atoms with Gasteiger partial charge in [-0.05, 0) is 12.5 Å². The van der Waals surface area contributed by atoms with Crippen molar-refractivity contribution in [2.45, 2.75) is 19.6 Å². The number of carbonyl (C=O) groups is 1. The summed E-state index contributed by atoms with van der Waals surface area (Å²) in [6.45, 7) is 4.69. The Morgan fingerprint density at radius 1 is 1.42 bits per heavy atom. The molecule has 1 heterocycles. The average Bonchev–Trinajstić information content (AvgIpc) is 2.27. The Labute approximate surface area is 120 Å². The van der Waals surface area contributed by atoms with Gasteiger partial charge >= 0.3 is 0 Å². The van der Waals surface area contributed by atoms with Crippen molar-refractivity contribution in [3.05, 3.63) is 35.9 Å². The number of carbonyl (C=O) groups excluding carboxylic acids is 1. The molecule has 1 amide bonds. The molecule has 2 N–H and O–H groups in total. The van der Waals surface area contributed by atoms with E-state index in [1.54, 1.807) is 0 Å². The minimum atomic E-state index is 0. The van der Waals surface area contributed by atoms with Crippen LogP contribution in [0.4, 0.5) is 0 Å². The molecule has 0 radical (unpaired) electrons. The van der Waals surface area contributed by atoms with E-state index in [1.165, 1.54) is 0 Å². The van der Waals surface area contributed by atoms with E-state index in [2.05, 4.69) is 10.6 Å². The van der Waals surface area contributed by atoms with Crippen molar-refractivity contribution < 1.29 is 9.53 Å². The Balaban J connectivity index is 0.00000180. The third-order valence-corrected chi connectivity index (χ3v) is 3.02. The monoisotopic (exact) mass is 284 g/mol. The summed E-state index contributed by atoms with van der Waals surface area (Å²) in [4.78, 5) is 11.7. The molecule has 2 rings (SSSR count). The molecule has 1 aliphatic rings. The Morgan fingerprint density at radius 2 is 2.11 bits per heavy atom. The largest absolute Gasteiger partial charge is 0.375 e. The lowest BCUT2D eigenvalue weighted by molar-refractivity contribution is -0.127. The van der Waals surface area contributed by atoms with Gasteiger partial charge in [0.15, 0.2) is 0 Å². The van der Waals surface area contributed by atoms with E-state index in [1.807, 2.05) is 37.3 Å². The highest BCUT2D eigenvalue weighted by Gasteiger charge is 2.25. The fourth-order valence-electron chi connectivity index (χ4n) is 1.80. The van der Waals surface area contributed by atoms with Crippen molar-refractivity contribution in [1.82, 2.24) is 10.6 Å². The van der Waals surface area contributed by atoms with E-state index in [-0.39, 0.29) is 30.3 Å². The first-order valence-corrected chi connectivity index (χ1v) is 6.38. The van der Waals surface area contributed by atoms with Crippen LogP contribution >= 0.6 is 12.4 Å². The van der Waals surface area contributed by atoms with Gasteiger partial charge in [-0.3, -0.25) is 4.79 Å². The molecule has 0 aromatic heterocycles. The minimum Gasteiger partial charge on any atom is -0.375 e. The lowest BCUT2D eigenvalue weighted by Gasteiger charge is -2.27. The number of hydrogen-bond donors (Lipinski definition) is 2. The van der Waals surface area contributed by atoms with Crippen LogP contribution in [0, 0.1) is 5.92 Å². The summed E-state index contributed by atoms with van der Waals surface area (Å²) < 4.78 is 5.58. The fourth-order valence-corrected chi connectivity index (χ4v) is 1.80. The van der Waals surface area contributed by atoms with Gasteiger partial charge in [-0.15, -0.1) is 12.4 Å². The molecule has 1 atom stereocenters. The molecule has 0 saturated carbocycles. The van der Waals surface area contributed by atoms with Crippen LogP contribution in [0.1, 0.15) is 12.5 Å². The summed E-state index contributed by atoms with van der Waals surface area (Å²) in [5.74, 6) is 0.270. The molecule has 4 nitrogen and oxygen atoms in total. The summed E-state index contributed by atoms with van der Waals surface area (Å²) in [5, 5.41) is 6.05.